The first-order valence-electron chi connectivity index (χ1n) is 7.05. The van der Waals surface area contributed by atoms with Gasteiger partial charge in [-0.2, -0.15) is 0 Å². The minimum absolute atomic E-state index is 0.111. The molecule has 0 spiro atoms. The lowest BCUT2D eigenvalue weighted by molar-refractivity contribution is -0.152. The van der Waals surface area contributed by atoms with Crippen LogP contribution in [0.3, 0.4) is 0 Å². The molecule has 0 atom stereocenters. The van der Waals surface area contributed by atoms with Crippen LogP contribution in [0.4, 0.5) is 0 Å². The fourth-order valence-corrected chi connectivity index (χ4v) is 2.67. The van der Waals surface area contributed by atoms with Crippen molar-refractivity contribution in [3.05, 3.63) is 23.9 Å². The molecule has 1 N–H and O–H groups in total. The number of carbonyl (C=O) groups is 2. The Labute approximate surface area is 123 Å². The molecule has 6 heteroatoms. The number of ether oxygens (including phenoxy) is 1. The van der Waals surface area contributed by atoms with Crippen molar-refractivity contribution in [1.82, 2.24) is 9.88 Å². The average molecular weight is 292 g/mol. The molecule has 0 unspecified atom stereocenters. The number of aliphatic carboxylic acids is 1. The molecule has 0 aliphatic carbocycles. The molecule has 2 heterocycles. The van der Waals surface area contributed by atoms with Gasteiger partial charge in [-0.05, 0) is 25.3 Å². The number of aromatic nitrogens is 1. The van der Waals surface area contributed by atoms with E-state index in [0.717, 1.165) is 0 Å². The van der Waals surface area contributed by atoms with Gasteiger partial charge in [-0.3, -0.25) is 9.59 Å². The predicted molar refractivity (Wildman–Crippen MR) is 76.3 cm³/mol. The van der Waals surface area contributed by atoms with E-state index in [2.05, 4.69) is 4.98 Å². The highest BCUT2D eigenvalue weighted by molar-refractivity contribution is 5.94. The van der Waals surface area contributed by atoms with E-state index in [1.54, 1.807) is 17.0 Å². The number of carboxylic acids is 1. The van der Waals surface area contributed by atoms with Crippen LogP contribution in [0.2, 0.25) is 0 Å². The highest BCUT2D eigenvalue weighted by Gasteiger charge is 2.40. The van der Waals surface area contributed by atoms with E-state index in [1.807, 2.05) is 6.92 Å². The Morgan fingerprint density at radius 3 is 2.48 bits per heavy atom. The first kappa shape index (κ1) is 15.3. The van der Waals surface area contributed by atoms with E-state index in [9.17, 15) is 14.7 Å². The second-order valence-corrected chi connectivity index (χ2v) is 5.32. The molecule has 1 aliphatic heterocycles. The number of hydrogen-bond acceptors (Lipinski definition) is 4. The van der Waals surface area contributed by atoms with E-state index in [-0.39, 0.29) is 5.91 Å². The molecular weight excluding hydrogens is 272 g/mol. The number of rotatable bonds is 4. The van der Waals surface area contributed by atoms with Gasteiger partial charge in [-0.25, -0.2) is 4.98 Å². The standard InChI is InChI=1S/C15H20N2O4/c1-3-15(14(19)20)6-8-17(9-7-15)13(18)11-4-5-12(21-2)16-10-11/h4-5,10H,3,6-9H2,1-2H3,(H,19,20). The monoisotopic (exact) mass is 292 g/mol. The SMILES string of the molecule is CCC1(C(=O)O)CCN(C(=O)c2ccc(OC)nc2)CC1. The minimum Gasteiger partial charge on any atom is -0.481 e. The van der Waals surface area contributed by atoms with Gasteiger partial charge in [0.15, 0.2) is 0 Å². The fraction of sp³-hybridized carbons (Fsp3) is 0.533. The Bertz CT molecular complexity index is 519. The Morgan fingerprint density at radius 2 is 2.05 bits per heavy atom. The third-order valence-electron chi connectivity index (χ3n) is 4.33. The third kappa shape index (κ3) is 2.99. The molecule has 1 aromatic heterocycles. The van der Waals surface area contributed by atoms with E-state index in [1.165, 1.54) is 13.3 Å². The smallest absolute Gasteiger partial charge is 0.309 e. The Morgan fingerprint density at radius 1 is 1.38 bits per heavy atom. The maximum Gasteiger partial charge on any atom is 0.309 e. The zero-order valence-electron chi connectivity index (χ0n) is 12.3. The summed E-state index contributed by atoms with van der Waals surface area (Å²) in [4.78, 5) is 29.5. The van der Waals surface area contributed by atoms with Crippen LogP contribution in [-0.2, 0) is 4.79 Å². The second kappa shape index (κ2) is 6.11. The van der Waals surface area contributed by atoms with Gasteiger partial charge in [0.05, 0.1) is 18.1 Å². The minimum atomic E-state index is -0.761. The molecule has 0 bridgehead atoms. The van der Waals surface area contributed by atoms with Crippen LogP contribution in [0.1, 0.15) is 36.5 Å². The van der Waals surface area contributed by atoms with Gasteiger partial charge in [-0.1, -0.05) is 6.92 Å². The first-order chi connectivity index (χ1) is 10.0. The summed E-state index contributed by atoms with van der Waals surface area (Å²) in [6.07, 6.45) is 3.07. The van der Waals surface area contributed by atoms with Gasteiger partial charge in [-0.15, -0.1) is 0 Å². The Balaban J connectivity index is 2.04. The van der Waals surface area contributed by atoms with Gasteiger partial charge in [0.1, 0.15) is 0 Å². The largest absolute Gasteiger partial charge is 0.481 e. The molecule has 21 heavy (non-hydrogen) atoms. The lowest BCUT2D eigenvalue weighted by Crippen LogP contribution is -2.46. The van der Waals surface area contributed by atoms with Gasteiger partial charge < -0.3 is 14.7 Å². The number of hydrogen-bond donors (Lipinski definition) is 1. The van der Waals surface area contributed by atoms with Crippen LogP contribution in [0.5, 0.6) is 5.88 Å². The number of carboxylic acid groups (broad SMARTS) is 1. The summed E-state index contributed by atoms with van der Waals surface area (Å²) < 4.78 is 4.96. The van der Waals surface area contributed by atoms with Crippen LogP contribution in [0.15, 0.2) is 18.3 Å². The molecule has 6 nitrogen and oxygen atoms in total. The molecule has 1 aliphatic rings. The van der Waals surface area contributed by atoms with Crippen molar-refractivity contribution in [3.63, 3.8) is 0 Å². The van der Waals surface area contributed by atoms with Gasteiger partial charge in [0.25, 0.3) is 5.91 Å². The van der Waals surface area contributed by atoms with Crippen molar-refractivity contribution in [3.8, 4) is 5.88 Å². The predicted octanol–water partition coefficient (Wildman–Crippen LogP) is 1.81. The van der Waals surface area contributed by atoms with Crippen LogP contribution in [0, 0.1) is 5.41 Å². The number of nitrogens with zero attached hydrogens (tertiary/aromatic N) is 2. The third-order valence-corrected chi connectivity index (χ3v) is 4.33. The zero-order valence-corrected chi connectivity index (χ0v) is 12.3. The number of pyridine rings is 1. The quantitative estimate of drug-likeness (QED) is 0.915. The van der Waals surface area contributed by atoms with Crippen LogP contribution in [-0.4, -0.2) is 47.1 Å². The van der Waals surface area contributed by atoms with Gasteiger partial charge >= 0.3 is 5.97 Å². The molecule has 0 radical (unpaired) electrons. The molecular formula is C15H20N2O4. The number of methoxy groups -OCH3 is 1. The van der Waals surface area contributed by atoms with Crippen LogP contribution < -0.4 is 4.74 Å². The summed E-state index contributed by atoms with van der Waals surface area (Å²) in [5.74, 6) is -0.412. The first-order valence-corrected chi connectivity index (χ1v) is 7.05. The van der Waals surface area contributed by atoms with Crippen molar-refractivity contribution < 1.29 is 19.4 Å². The molecule has 2 rings (SSSR count). The summed E-state index contributed by atoms with van der Waals surface area (Å²) >= 11 is 0. The van der Waals surface area contributed by atoms with Crippen molar-refractivity contribution in [2.75, 3.05) is 20.2 Å². The molecule has 1 aromatic rings. The maximum atomic E-state index is 12.4. The van der Waals surface area contributed by atoms with E-state index < -0.39 is 11.4 Å². The van der Waals surface area contributed by atoms with Crippen LogP contribution in [0.25, 0.3) is 0 Å². The summed E-state index contributed by atoms with van der Waals surface area (Å²) in [5.41, 5.74) is -0.190. The molecule has 1 amide bonds. The second-order valence-electron chi connectivity index (χ2n) is 5.32. The molecule has 1 saturated heterocycles. The molecule has 1 fully saturated rings. The lowest BCUT2D eigenvalue weighted by Gasteiger charge is -2.38. The van der Waals surface area contributed by atoms with Crippen LogP contribution >= 0.6 is 0 Å². The summed E-state index contributed by atoms with van der Waals surface area (Å²) in [6.45, 7) is 2.81. The average Bonchev–Trinajstić information content (AvgIpc) is 2.54. The van der Waals surface area contributed by atoms with Crippen molar-refractivity contribution >= 4 is 11.9 Å². The molecule has 114 valence electrons. The molecule has 0 saturated carbocycles. The Kier molecular flexibility index (Phi) is 4.45. The summed E-state index contributed by atoms with van der Waals surface area (Å²) in [6, 6.07) is 3.32. The van der Waals surface area contributed by atoms with Crippen molar-refractivity contribution in [2.24, 2.45) is 5.41 Å². The van der Waals surface area contributed by atoms with Crippen molar-refractivity contribution in [2.45, 2.75) is 26.2 Å². The van der Waals surface area contributed by atoms with Crippen molar-refractivity contribution in [1.29, 1.82) is 0 Å². The summed E-state index contributed by atoms with van der Waals surface area (Å²) in [7, 11) is 1.52. The van der Waals surface area contributed by atoms with E-state index in [4.69, 9.17) is 4.74 Å². The normalized spacial score (nSPS) is 17.3. The number of piperidine rings is 1. The number of carbonyl (C=O) groups excluding carboxylic acids is 1. The Hall–Kier alpha value is -2.11. The molecule has 0 aromatic carbocycles. The maximum absolute atomic E-state index is 12.4. The van der Waals surface area contributed by atoms with Gasteiger partial charge in [0, 0.05) is 25.4 Å². The highest BCUT2D eigenvalue weighted by Crippen LogP contribution is 2.35. The van der Waals surface area contributed by atoms with Gasteiger partial charge in [0.2, 0.25) is 5.88 Å². The zero-order chi connectivity index (χ0) is 15.5. The number of likely N-dealkylation sites (tertiary alicyclic amines) is 1. The lowest BCUT2D eigenvalue weighted by atomic mass is 9.76. The summed E-state index contributed by atoms with van der Waals surface area (Å²) in [5, 5.41) is 9.36. The highest BCUT2D eigenvalue weighted by atomic mass is 16.5. The van der Waals surface area contributed by atoms with E-state index in [0.29, 0.717) is 43.8 Å². The topological polar surface area (TPSA) is 79.7 Å². The van der Waals surface area contributed by atoms with E-state index >= 15 is 0 Å². The fourth-order valence-electron chi connectivity index (χ4n) is 2.67. The number of amides is 1.